The third-order valence-corrected chi connectivity index (χ3v) is 3.01. The maximum Gasteiger partial charge on any atom is 0.339 e. The van der Waals surface area contributed by atoms with Gasteiger partial charge in [0.25, 0.3) is 0 Å². The van der Waals surface area contributed by atoms with Crippen LogP contribution in [0.3, 0.4) is 0 Å². The van der Waals surface area contributed by atoms with Gasteiger partial charge in [0, 0.05) is 12.3 Å². The second-order valence-electron chi connectivity index (χ2n) is 4.25. The van der Waals surface area contributed by atoms with Crippen LogP contribution < -0.4 is 4.74 Å². The number of aromatic nitrogens is 1. The van der Waals surface area contributed by atoms with E-state index >= 15 is 0 Å². The molecule has 4 heteroatoms. The summed E-state index contributed by atoms with van der Waals surface area (Å²) in [6.45, 7) is 0. The fourth-order valence-corrected chi connectivity index (χ4v) is 2.02. The second kappa shape index (κ2) is 5.66. The van der Waals surface area contributed by atoms with E-state index in [0.717, 1.165) is 25.7 Å². The molecule has 0 spiro atoms. The molecule has 0 unspecified atom stereocenters. The molecule has 0 N–H and O–H groups in total. The van der Waals surface area contributed by atoms with Crippen LogP contribution in [0.15, 0.2) is 18.3 Å². The Balaban J connectivity index is 1.93. The van der Waals surface area contributed by atoms with Crippen LogP contribution >= 0.6 is 0 Å². The first-order valence-electron chi connectivity index (χ1n) is 6.00. The monoisotopic (exact) mass is 235 g/mol. The first-order chi connectivity index (χ1) is 8.29. The number of pyridine rings is 1. The Morgan fingerprint density at radius 3 is 2.65 bits per heavy atom. The SMILES string of the molecule is COc1ccc(C(=O)OC2CCCCC2)cn1. The fraction of sp³-hybridized carbons (Fsp3) is 0.538. The van der Waals surface area contributed by atoms with Crippen LogP contribution in [0.5, 0.6) is 5.88 Å². The quantitative estimate of drug-likeness (QED) is 0.755. The molecule has 0 bridgehead atoms. The molecule has 1 aliphatic rings. The van der Waals surface area contributed by atoms with E-state index in [1.807, 2.05) is 0 Å². The molecule has 4 nitrogen and oxygen atoms in total. The Hall–Kier alpha value is -1.58. The average Bonchev–Trinajstić information content (AvgIpc) is 2.40. The third-order valence-electron chi connectivity index (χ3n) is 3.01. The van der Waals surface area contributed by atoms with Crippen molar-refractivity contribution in [3.05, 3.63) is 23.9 Å². The third kappa shape index (κ3) is 3.19. The van der Waals surface area contributed by atoms with Crippen molar-refractivity contribution in [2.45, 2.75) is 38.2 Å². The van der Waals surface area contributed by atoms with E-state index < -0.39 is 0 Å². The van der Waals surface area contributed by atoms with E-state index in [0.29, 0.717) is 11.4 Å². The largest absolute Gasteiger partial charge is 0.481 e. The van der Waals surface area contributed by atoms with E-state index in [9.17, 15) is 4.79 Å². The molecule has 0 saturated heterocycles. The molecule has 2 rings (SSSR count). The van der Waals surface area contributed by atoms with Gasteiger partial charge in [-0.25, -0.2) is 9.78 Å². The molecule has 1 aliphatic carbocycles. The molecule has 1 saturated carbocycles. The summed E-state index contributed by atoms with van der Waals surface area (Å²) in [4.78, 5) is 15.8. The van der Waals surface area contributed by atoms with Crippen LogP contribution in [-0.4, -0.2) is 24.2 Å². The summed E-state index contributed by atoms with van der Waals surface area (Å²) in [6, 6.07) is 3.34. The smallest absolute Gasteiger partial charge is 0.339 e. The first-order valence-corrected chi connectivity index (χ1v) is 6.00. The molecule has 1 heterocycles. The lowest BCUT2D eigenvalue weighted by Crippen LogP contribution is -2.20. The zero-order chi connectivity index (χ0) is 12.1. The van der Waals surface area contributed by atoms with Crippen molar-refractivity contribution in [3.8, 4) is 5.88 Å². The van der Waals surface area contributed by atoms with Crippen molar-refractivity contribution >= 4 is 5.97 Å². The van der Waals surface area contributed by atoms with Gasteiger partial charge in [0.2, 0.25) is 5.88 Å². The van der Waals surface area contributed by atoms with Crippen LogP contribution in [-0.2, 0) is 4.74 Å². The highest BCUT2D eigenvalue weighted by Gasteiger charge is 2.18. The van der Waals surface area contributed by atoms with Crippen LogP contribution in [0.2, 0.25) is 0 Å². The van der Waals surface area contributed by atoms with Gasteiger partial charge < -0.3 is 9.47 Å². The molecular weight excluding hydrogens is 218 g/mol. The summed E-state index contributed by atoms with van der Waals surface area (Å²) in [7, 11) is 1.54. The van der Waals surface area contributed by atoms with Crippen molar-refractivity contribution in [2.75, 3.05) is 7.11 Å². The van der Waals surface area contributed by atoms with Crippen LogP contribution in [0.1, 0.15) is 42.5 Å². The number of carbonyl (C=O) groups is 1. The summed E-state index contributed by atoms with van der Waals surface area (Å²) >= 11 is 0. The van der Waals surface area contributed by atoms with Gasteiger partial charge in [-0.15, -0.1) is 0 Å². The maximum absolute atomic E-state index is 11.8. The number of hydrogen-bond donors (Lipinski definition) is 0. The molecule has 92 valence electrons. The van der Waals surface area contributed by atoms with E-state index in [4.69, 9.17) is 9.47 Å². The highest BCUT2D eigenvalue weighted by molar-refractivity contribution is 5.89. The molecule has 0 amide bonds. The van der Waals surface area contributed by atoms with Crippen molar-refractivity contribution < 1.29 is 14.3 Å². The fourth-order valence-electron chi connectivity index (χ4n) is 2.02. The standard InChI is InChI=1S/C13H17NO3/c1-16-12-8-7-10(9-14-12)13(15)17-11-5-3-2-4-6-11/h7-9,11H,2-6H2,1H3. The van der Waals surface area contributed by atoms with E-state index in [2.05, 4.69) is 4.98 Å². The summed E-state index contributed by atoms with van der Waals surface area (Å²) in [5.41, 5.74) is 0.483. The molecule has 0 aliphatic heterocycles. The summed E-state index contributed by atoms with van der Waals surface area (Å²) < 4.78 is 10.4. The van der Waals surface area contributed by atoms with E-state index in [1.165, 1.54) is 12.6 Å². The van der Waals surface area contributed by atoms with Gasteiger partial charge in [-0.2, -0.15) is 0 Å². The molecule has 17 heavy (non-hydrogen) atoms. The van der Waals surface area contributed by atoms with Crippen molar-refractivity contribution in [1.29, 1.82) is 0 Å². The van der Waals surface area contributed by atoms with Gasteiger partial charge in [0.1, 0.15) is 6.10 Å². The van der Waals surface area contributed by atoms with Crippen molar-refractivity contribution in [1.82, 2.24) is 4.98 Å². The number of methoxy groups -OCH3 is 1. The molecule has 1 fully saturated rings. The lowest BCUT2D eigenvalue weighted by atomic mass is 9.98. The van der Waals surface area contributed by atoms with Crippen LogP contribution in [0.4, 0.5) is 0 Å². The van der Waals surface area contributed by atoms with Gasteiger partial charge in [0.05, 0.1) is 12.7 Å². The first kappa shape index (κ1) is 11.9. The van der Waals surface area contributed by atoms with Gasteiger partial charge in [-0.1, -0.05) is 6.42 Å². The van der Waals surface area contributed by atoms with E-state index in [1.54, 1.807) is 19.2 Å². The minimum Gasteiger partial charge on any atom is -0.481 e. The number of ether oxygens (including phenoxy) is 2. The molecule has 0 aromatic carbocycles. The number of nitrogens with zero attached hydrogens (tertiary/aromatic N) is 1. The predicted octanol–water partition coefficient (Wildman–Crippen LogP) is 2.58. The zero-order valence-electron chi connectivity index (χ0n) is 10.0. The Morgan fingerprint density at radius 1 is 1.29 bits per heavy atom. The highest BCUT2D eigenvalue weighted by atomic mass is 16.5. The Labute approximate surface area is 101 Å². The predicted molar refractivity (Wildman–Crippen MR) is 63.1 cm³/mol. The highest BCUT2D eigenvalue weighted by Crippen LogP contribution is 2.21. The minimum atomic E-state index is -0.285. The normalized spacial score (nSPS) is 16.5. The topological polar surface area (TPSA) is 48.4 Å². The number of esters is 1. The van der Waals surface area contributed by atoms with Gasteiger partial charge in [0.15, 0.2) is 0 Å². The minimum absolute atomic E-state index is 0.0818. The second-order valence-corrected chi connectivity index (χ2v) is 4.25. The van der Waals surface area contributed by atoms with Gasteiger partial charge in [-0.05, 0) is 31.7 Å². The maximum atomic E-state index is 11.8. The van der Waals surface area contributed by atoms with Gasteiger partial charge in [-0.3, -0.25) is 0 Å². The number of carbonyl (C=O) groups excluding carboxylic acids is 1. The molecule has 1 aromatic heterocycles. The molecule has 0 radical (unpaired) electrons. The van der Waals surface area contributed by atoms with Crippen molar-refractivity contribution in [2.24, 2.45) is 0 Å². The lowest BCUT2D eigenvalue weighted by Gasteiger charge is -2.21. The average molecular weight is 235 g/mol. The van der Waals surface area contributed by atoms with Crippen LogP contribution in [0, 0.1) is 0 Å². The molecule has 0 atom stereocenters. The lowest BCUT2D eigenvalue weighted by molar-refractivity contribution is 0.0210. The summed E-state index contributed by atoms with van der Waals surface area (Å²) in [5.74, 6) is 0.214. The zero-order valence-corrected chi connectivity index (χ0v) is 10.0. The van der Waals surface area contributed by atoms with Crippen LogP contribution in [0.25, 0.3) is 0 Å². The number of rotatable bonds is 3. The summed E-state index contributed by atoms with van der Waals surface area (Å²) in [6.07, 6.45) is 7.09. The Bertz CT molecular complexity index is 369. The molecule has 1 aromatic rings. The molecular formula is C13H17NO3. The van der Waals surface area contributed by atoms with Crippen molar-refractivity contribution in [3.63, 3.8) is 0 Å². The van der Waals surface area contributed by atoms with Gasteiger partial charge >= 0.3 is 5.97 Å². The Kier molecular flexibility index (Phi) is 3.96. The van der Waals surface area contributed by atoms with E-state index in [-0.39, 0.29) is 12.1 Å². The summed E-state index contributed by atoms with van der Waals surface area (Å²) in [5, 5.41) is 0. The number of hydrogen-bond acceptors (Lipinski definition) is 4. The Morgan fingerprint density at radius 2 is 2.06 bits per heavy atom.